The minimum atomic E-state index is -0.100. The van der Waals surface area contributed by atoms with Gasteiger partial charge in [-0.3, -0.25) is 16.6 Å². The van der Waals surface area contributed by atoms with Crippen LogP contribution >= 0.6 is 11.8 Å². The molecule has 0 unspecified atom stereocenters. The van der Waals surface area contributed by atoms with Gasteiger partial charge in [-0.15, -0.1) is 6.54 Å². The van der Waals surface area contributed by atoms with Gasteiger partial charge in [0, 0.05) is 11.3 Å². The molecule has 1 heterocycles. The fourth-order valence-corrected chi connectivity index (χ4v) is 1.26. The summed E-state index contributed by atoms with van der Waals surface area (Å²) in [5.74, 6) is 0. The van der Waals surface area contributed by atoms with Gasteiger partial charge in [-0.25, -0.2) is 0 Å². The minimum Gasteiger partial charge on any atom is -0.571 e. The Balaban J connectivity index is 3.19. The summed E-state index contributed by atoms with van der Waals surface area (Å²) in [5, 5.41) is 0. The summed E-state index contributed by atoms with van der Waals surface area (Å²) in [5.41, 5.74) is 2.32. The molecular formula is C8H10ClN2O-. The average molecular weight is 186 g/mol. The molecule has 0 saturated heterocycles. The third kappa shape index (κ3) is 1.87. The second-order valence-electron chi connectivity index (χ2n) is 2.72. The van der Waals surface area contributed by atoms with E-state index in [0.29, 0.717) is 5.56 Å². The number of H-pyrrole nitrogens is 1. The van der Waals surface area contributed by atoms with Crippen molar-refractivity contribution in [2.45, 2.75) is 20.4 Å². The van der Waals surface area contributed by atoms with E-state index in [2.05, 4.69) is 9.82 Å². The van der Waals surface area contributed by atoms with Crippen LogP contribution in [-0.2, 0) is 6.54 Å². The third-order valence-electron chi connectivity index (χ3n) is 1.71. The Labute approximate surface area is 75.9 Å². The Morgan fingerprint density at radius 3 is 2.75 bits per heavy atom. The lowest BCUT2D eigenvalue weighted by Gasteiger charge is -2.11. The van der Waals surface area contributed by atoms with E-state index in [9.17, 15) is 4.79 Å². The molecule has 12 heavy (non-hydrogen) atoms. The monoisotopic (exact) mass is 185 g/mol. The summed E-state index contributed by atoms with van der Waals surface area (Å²) in [4.78, 5) is 17.4. The summed E-state index contributed by atoms with van der Waals surface area (Å²) in [7, 11) is 0. The summed E-state index contributed by atoms with van der Waals surface area (Å²) in [6, 6.07) is 1.90. The predicted molar refractivity (Wildman–Crippen MR) is 49.5 cm³/mol. The predicted octanol–water partition coefficient (Wildman–Crippen LogP) is 2.02. The maximum Gasteiger partial charge on any atom is 0.249 e. The number of aryl methyl sites for hydroxylation is 2. The zero-order valence-electron chi connectivity index (χ0n) is 7.02. The zero-order valence-corrected chi connectivity index (χ0v) is 7.77. The van der Waals surface area contributed by atoms with Gasteiger partial charge in [-0.05, 0) is 25.5 Å². The van der Waals surface area contributed by atoms with Crippen LogP contribution in [0.1, 0.15) is 16.8 Å². The van der Waals surface area contributed by atoms with Crippen molar-refractivity contribution in [3.8, 4) is 0 Å². The normalized spacial score (nSPS) is 10.2. The number of aromatic nitrogens is 1. The Kier molecular flexibility index (Phi) is 2.89. The fraction of sp³-hybridized carbons (Fsp3) is 0.375. The third-order valence-corrected chi connectivity index (χ3v) is 1.83. The number of aromatic amines is 1. The van der Waals surface area contributed by atoms with Gasteiger partial charge < -0.3 is 9.82 Å². The van der Waals surface area contributed by atoms with Crippen LogP contribution in [0.25, 0.3) is 4.84 Å². The molecule has 0 atom stereocenters. The molecule has 3 nitrogen and oxygen atoms in total. The molecular weight excluding hydrogens is 176 g/mol. The van der Waals surface area contributed by atoms with E-state index in [1.807, 2.05) is 19.9 Å². The van der Waals surface area contributed by atoms with Gasteiger partial charge in [0.15, 0.2) is 0 Å². The van der Waals surface area contributed by atoms with Crippen molar-refractivity contribution in [2.75, 3.05) is 0 Å². The Morgan fingerprint density at radius 2 is 2.25 bits per heavy atom. The van der Waals surface area contributed by atoms with E-state index < -0.39 is 0 Å². The Morgan fingerprint density at radius 1 is 1.58 bits per heavy atom. The van der Waals surface area contributed by atoms with Crippen LogP contribution in [0.3, 0.4) is 0 Å². The molecule has 0 saturated carbocycles. The lowest BCUT2D eigenvalue weighted by Crippen LogP contribution is -2.14. The fourth-order valence-electron chi connectivity index (χ4n) is 1.14. The van der Waals surface area contributed by atoms with E-state index in [1.54, 1.807) is 0 Å². The first-order valence-electron chi connectivity index (χ1n) is 3.62. The highest BCUT2D eigenvalue weighted by atomic mass is 35.5. The zero-order chi connectivity index (χ0) is 9.14. The van der Waals surface area contributed by atoms with Crippen molar-refractivity contribution in [1.29, 1.82) is 0 Å². The van der Waals surface area contributed by atoms with Gasteiger partial charge in [-0.2, -0.15) is 0 Å². The molecule has 0 aliphatic carbocycles. The molecule has 1 aromatic heterocycles. The van der Waals surface area contributed by atoms with Crippen molar-refractivity contribution in [3.05, 3.63) is 38.1 Å². The largest absolute Gasteiger partial charge is 0.571 e. The number of hydrogen-bond donors (Lipinski definition) is 1. The smallest absolute Gasteiger partial charge is 0.249 e. The van der Waals surface area contributed by atoms with Gasteiger partial charge in [0.25, 0.3) is 0 Å². The molecule has 0 amide bonds. The van der Waals surface area contributed by atoms with Gasteiger partial charge >= 0.3 is 0 Å². The number of nitrogens with zero attached hydrogens (tertiary/aromatic N) is 1. The van der Waals surface area contributed by atoms with Gasteiger partial charge in [0.05, 0.1) is 0 Å². The standard InChI is InChI=1S/C8H10ClN2O/c1-5-3-6(2)11-8(12)7(5)4-10-9/h3H,4H2,1-2H3,(H,11,12)/q-1. The van der Waals surface area contributed by atoms with Crippen molar-refractivity contribution in [3.63, 3.8) is 0 Å². The highest BCUT2D eigenvalue weighted by Crippen LogP contribution is 2.08. The van der Waals surface area contributed by atoms with Crippen LogP contribution in [-0.4, -0.2) is 4.98 Å². The first-order valence-corrected chi connectivity index (χ1v) is 3.96. The lowest BCUT2D eigenvalue weighted by molar-refractivity contribution is 1.04. The molecule has 0 aliphatic rings. The minimum absolute atomic E-state index is 0.100. The molecule has 66 valence electrons. The van der Waals surface area contributed by atoms with Crippen molar-refractivity contribution < 1.29 is 0 Å². The summed E-state index contributed by atoms with van der Waals surface area (Å²) >= 11 is 5.19. The Hall–Kier alpha value is -0.800. The molecule has 1 N–H and O–H groups in total. The second-order valence-corrected chi connectivity index (χ2v) is 2.96. The van der Waals surface area contributed by atoms with E-state index in [1.165, 1.54) is 0 Å². The Bertz CT molecular complexity index is 332. The molecule has 0 fully saturated rings. The van der Waals surface area contributed by atoms with Gasteiger partial charge in [-0.1, -0.05) is 0 Å². The first-order chi connectivity index (χ1) is 5.65. The van der Waals surface area contributed by atoms with E-state index in [4.69, 9.17) is 11.8 Å². The van der Waals surface area contributed by atoms with Crippen molar-refractivity contribution in [2.24, 2.45) is 0 Å². The van der Waals surface area contributed by atoms with E-state index in [0.717, 1.165) is 11.3 Å². The molecule has 0 radical (unpaired) electrons. The molecule has 1 rings (SSSR count). The van der Waals surface area contributed by atoms with Gasteiger partial charge in [0.1, 0.15) is 0 Å². The lowest BCUT2D eigenvalue weighted by atomic mass is 10.1. The number of halogens is 1. The van der Waals surface area contributed by atoms with Gasteiger partial charge in [0.2, 0.25) is 5.56 Å². The van der Waals surface area contributed by atoms with E-state index >= 15 is 0 Å². The van der Waals surface area contributed by atoms with Crippen LogP contribution in [0.5, 0.6) is 0 Å². The topological polar surface area (TPSA) is 47.0 Å². The van der Waals surface area contributed by atoms with Crippen molar-refractivity contribution >= 4 is 11.8 Å². The van der Waals surface area contributed by atoms with E-state index in [-0.39, 0.29) is 12.1 Å². The molecule has 0 aliphatic heterocycles. The van der Waals surface area contributed by atoms with Crippen molar-refractivity contribution in [1.82, 2.24) is 4.98 Å². The van der Waals surface area contributed by atoms with Crippen LogP contribution in [0, 0.1) is 13.8 Å². The molecule has 0 bridgehead atoms. The summed E-state index contributed by atoms with van der Waals surface area (Å²) < 4.78 is 0. The molecule has 0 spiro atoms. The highest BCUT2D eigenvalue weighted by molar-refractivity contribution is 6.24. The first kappa shape index (κ1) is 9.29. The quantitative estimate of drug-likeness (QED) is 0.753. The second kappa shape index (κ2) is 3.74. The number of rotatable bonds is 2. The molecule has 1 aromatic rings. The summed E-state index contributed by atoms with van der Waals surface area (Å²) in [6.45, 7) is 3.98. The van der Waals surface area contributed by atoms with Crippen LogP contribution in [0.4, 0.5) is 0 Å². The molecule has 4 heteroatoms. The van der Waals surface area contributed by atoms with Crippen LogP contribution < -0.4 is 5.56 Å². The SMILES string of the molecule is Cc1cc(C)c(C[N-]Cl)c(=O)[nH]1. The molecule has 0 aromatic carbocycles. The highest BCUT2D eigenvalue weighted by Gasteiger charge is 1.99. The summed E-state index contributed by atoms with van der Waals surface area (Å²) in [6.07, 6.45) is 0. The maximum atomic E-state index is 11.3. The maximum absolute atomic E-state index is 11.3. The number of hydrogen-bond acceptors (Lipinski definition) is 1. The number of nitrogens with one attached hydrogen (secondary N) is 1. The van der Waals surface area contributed by atoms with Crippen LogP contribution in [0.15, 0.2) is 10.9 Å². The number of pyridine rings is 1. The average Bonchev–Trinajstić information content (AvgIpc) is 1.96. The van der Waals surface area contributed by atoms with Crippen LogP contribution in [0.2, 0.25) is 0 Å².